The van der Waals surface area contributed by atoms with Gasteiger partial charge in [0.1, 0.15) is 5.82 Å². The summed E-state index contributed by atoms with van der Waals surface area (Å²) < 4.78 is 16.2. The van der Waals surface area contributed by atoms with E-state index < -0.39 is 0 Å². The Balaban J connectivity index is 0.00000208. The van der Waals surface area contributed by atoms with E-state index in [1.165, 1.54) is 6.20 Å². The number of hydrogen-bond donors (Lipinski definition) is 1. The number of fused-ring (bicyclic) bond motifs is 1. The second kappa shape index (κ2) is 7.62. The molecule has 0 saturated heterocycles. The average Bonchev–Trinajstić information content (AvgIpc) is 2.96. The molecule has 0 aliphatic rings. The fourth-order valence-corrected chi connectivity index (χ4v) is 2.80. The van der Waals surface area contributed by atoms with Crippen molar-refractivity contribution in [1.29, 1.82) is 0 Å². The van der Waals surface area contributed by atoms with Crippen LogP contribution < -0.4 is 5.32 Å². The van der Waals surface area contributed by atoms with Crippen LogP contribution in [0.15, 0.2) is 30.7 Å². The van der Waals surface area contributed by atoms with Crippen LogP contribution in [0, 0.1) is 19.7 Å². The first-order valence-electron chi connectivity index (χ1n) is 7.94. The van der Waals surface area contributed by atoms with Crippen LogP contribution in [-0.2, 0) is 6.54 Å². The van der Waals surface area contributed by atoms with E-state index in [2.05, 4.69) is 22.2 Å². The van der Waals surface area contributed by atoms with Crippen molar-refractivity contribution in [2.75, 3.05) is 5.32 Å². The third-order valence-corrected chi connectivity index (χ3v) is 4.10. The number of nitrogens with zero attached hydrogens (tertiary/aromatic N) is 3. The molecule has 24 heavy (non-hydrogen) atoms. The fraction of sp³-hybridized carbons (Fsp3) is 0.333. The predicted molar refractivity (Wildman–Crippen MR) is 98.8 cm³/mol. The fourth-order valence-electron chi connectivity index (χ4n) is 2.80. The molecule has 0 aliphatic heterocycles. The monoisotopic (exact) mass is 348 g/mol. The van der Waals surface area contributed by atoms with E-state index in [-0.39, 0.29) is 18.2 Å². The van der Waals surface area contributed by atoms with Crippen LogP contribution in [0.25, 0.3) is 10.9 Å². The van der Waals surface area contributed by atoms with Crippen LogP contribution >= 0.6 is 12.4 Å². The van der Waals surface area contributed by atoms with Crippen molar-refractivity contribution in [3.63, 3.8) is 0 Å². The Hall–Kier alpha value is -2.14. The van der Waals surface area contributed by atoms with Gasteiger partial charge in [-0.15, -0.1) is 12.4 Å². The molecule has 0 bridgehead atoms. The number of aryl methyl sites for hydroxylation is 3. The SMILES string of the molecule is CCCCn1ccc2c(Nc3c(C)ccnc3C)ncc(F)c21.Cl. The molecule has 3 aromatic rings. The molecule has 0 radical (unpaired) electrons. The minimum atomic E-state index is -0.286. The largest absolute Gasteiger partial charge is 0.345 e. The van der Waals surface area contributed by atoms with Gasteiger partial charge in [0.2, 0.25) is 0 Å². The molecule has 0 aliphatic carbocycles. The third-order valence-electron chi connectivity index (χ3n) is 4.10. The van der Waals surface area contributed by atoms with Crippen LogP contribution in [-0.4, -0.2) is 14.5 Å². The highest BCUT2D eigenvalue weighted by atomic mass is 35.5. The maximum atomic E-state index is 14.3. The number of pyridine rings is 2. The van der Waals surface area contributed by atoms with Crippen molar-refractivity contribution >= 4 is 34.8 Å². The molecular weight excluding hydrogens is 327 g/mol. The topological polar surface area (TPSA) is 42.7 Å². The molecule has 0 aromatic carbocycles. The van der Waals surface area contributed by atoms with E-state index in [1.54, 1.807) is 6.20 Å². The first-order valence-corrected chi connectivity index (χ1v) is 7.94. The highest BCUT2D eigenvalue weighted by Crippen LogP contribution is 2.29. The van der Waals surface area contributed by atoms with Gasteiger partial charge in [-0.25, -0.2) is 9.37 Å². The zero-order chi connectivity index (χ0) is 16.4. The smallest absolute Gasteiger partial charge is 0.165 e. The first kappa shape index (κ1) is 18.2. The van der Waals surface area contributed by atoms with Gasteiger partial charge in [-0.3, -0.25) is 4.98 Å². The molecule has 0 spiro atoms. The second-order valence-electron chi connectivity index (χ2n) is 5.79. The lowest BCUT2D eigenvalue weighted by Gasteiger charge is -2.13. The van der Waals surface area contributed by atoms with E-state index in [9.17, 15) is 4.39 Å². The maximum absolute atomic E-state index is 14.3. The molecule has 4 nitrogen and oxygen atoms in total. The normalized spacial score (nSPS) is 10.7. The average molecular weight is 349 g/mol. The first-order chi connectivity index (χ1) is 11.1. The number of nitrogens with one attached hydrogen (secondary N) is 1. The van der Waals surface area contributed by atoms with Crippen LogP contribution in [0.3, 0.4) is 0 Å². The lowest BCUT2D eigenvalue weighted by molar-refractivity contribution is 0.603. The van der Waals surface area contributed by atoms with E-state index in [4.69, 9.17) is 0 Å². The summed E-state index contributed by atoms with van der Waals surface area (Å²) in [4.78, 5) is 8.56. The van der Waals surface area contributed by atoms with E-state index in [0.29, 0.717) is 11.3 Å². The number of hydrogen-bond acceptors (Lipinski definition) is 3. The zero-order valence-corrected chi connectivity index (χ0v) is 15.0. The van der Waals surface area contributed by atoms with E-state index in [1.807, 2.05) is 36.7 Å². The van der Waals surface area contributed by atoms with Gasteiger partial charge in [0.15, 0.2) is 5.82 Å². The van der Waals surface area contributed by atoms with Gasteiger partial charge in [0.25, 0.3) is 0 Å². The summed E-state index contributed by atoms with van der Waals surface area (Å²) in [6.45, 7) is 6.91. The molecule has 0 unspecified atom stereocenters. The van der Waals surface area contributed by atoms with Gasteiger partial charge in [-0.2, -0.15) is 0 Å². The van der Waals surface area contributed by atoms with Gasteiger partial charge in [0, 0.05) is 24.3 Å². The Morgan fingerprint density at radius 2 is 2.00 bits per heavy atom. The van der Waals surface area contributed by atoms with Gasteiger partial charge < -0.3 is 9.88 Å². The van der Waals surface area contributed by atoms with Crippen molar-refractivity contribution in [3.8, 4) is 0 Å². The third kappa shape index (κ3) is 3.36. The minimum Gasteiger partial charge on any atom is -0.345 e. The molecule has 3 heterocycles. The molecule has 0 fully saturated rings. The van der Waals surface area contributed by atoms with Crippen molar-refractivity contribution in [2.45, 2.75) is 40.2 Å². The second-order valence-corrected chi connectivity index (χ2v) is 5.79. The number of aromatic nitrogens is 3. The molecule has 0 atom stereocenters. The summed E-state index contributed by atoms with van der Waals surface area (Å²) in [7, 11) is 0. The molecule has 1 N–H and O–H groups in total. The van der Waals surface area contributed by atoms with Crippen molar-refractivity contribution in [3.05, 3.63) is 47.8 Å². The Morgan fingerprint density at radius 1 is 1.21 bits per heavy atom. The van der Waals surface area contributed by atoms with Crippen molar-refractivity contribution in [2.24, 2.45) is 0 Å². The maximum Gasteiger partial charge on any atom is 0.165 e. The lowest BCUT2D eigenvalue weighted by atomic mass is 10.2. The number of rotatable bonds is 5. The van der Waals surface area contributed by atoms with Crippen LogP contribution in [0.4, 0.5) is 15.9 Å². The highest BCUT2D eigenvalue weighted by molar-refractivity contribution is 5.92. The molecular formula is C18H22ClFN4. The Kier molecular flexibility index (Phi) is 5.78. The van der Waals surface area contributed by atoms with Crippen LogP contribution in [0.2, 0.25) is 0 Å². The van der Waals surface area contributed by atoms with Gasteiger partial charge in [0.05, 0.1) is 23.1 Å². The summed E-state index contributed by atoms with van der Waals surface area (Å²) >= 11 is 0. The zero-order valence-electron chi connectivity index (χ0n) is 14.1. The van der Waals surface area contributed by atoms with Gasteiger partial charge in [-0.05, 0) is 38.0 Å². The number of anilines is 2. The Morgan fingerprint density at radius 3 is 2.71 bits per heavy atom. The van der Waals surface area contributed by atoms with E-state index in [0.717, 1.165) is 41.7 Å². The van der Waals surface area contributed by atoms with Crippen molar-refractivity contribution in [1.82, 2.24) is 14.5 Å². The molecule has 128 valence electrons. The van der Waals surface area contributed by atoms with Gasteiger partial charge in [-0.1, -0.05) is 13.3 Å². The minimum absolute atomic E-state index is 0. The molecule has 3 rings (SSSR count). The van der Waals surface area contributed by atoms with Crippen molar-refractivity contribution < 1.29 is 4.39 Å². The Labute approximate surface area is 147 Å². The number of unbranched alkanes of at least 4 members (excludes halogenated alkanes) is 1. The number of halogens is 2. The van der Waals surface area contributed by atoms with Crippen LogP contribution in [0.1, 0.15) is 31.0 Å². The molecule has 3 aromatic heterocycles. The van der Waals surface area contributed by atoms with Gasteiger partial charge >= 0.3 is 0 Å². The summed E-state index contributed by atoms with van der Waals surface area (Å²) in [5.41, 5.74) is 3.52. The summed E-state index contributed by atoms with van der Waals surface area (Å²) in [5.74, 6) is 0.377. The standard InChI is InChI=1S/C18H21FN4.ClH/c1-4-5-9-23-10-7-14-17(23)15(19)11-21-18(14)22-16-12(2)6-8-20-13(16)3;/h6-8,10-11H,4-5,9H2,1-3H3,(H,21,22);1H. The molecule has 0 amide bonds. The molecule has 0 saturated carbocycles. The molecule has 6 heteroatoms. The van der Waals surface area contributed by atoms with E-state index >= 15 is 0 Å². The summed E-state index contributed by atoms with van der Waals surface area (Å²) in [6.07, 6.45) is 7.10. The lowest BCUT2D eigenvalue weighted by Crippen LogP contribution is -2.02. The highest BCUT2D eigenvalue weighted by Gasteiger charge is 2.13. The predicted octanol–water partition coefficient (Wildman–Crippen LogP) is 5.15. The summed E-state index contributed by atoms with van der Waals surface area (Å²) in [6, 6.07) is 3.87. The quantitative estimate of drug-likeness (QED) is 0.693. The van der Waals surface area contributed by atoms with Crippen LogP contribution in [0.5, 0.6) is 0 Å². The Bertz CT molecular complexity index is 824. The summed E-state index contributed by atoms with van der Waals surface area (Å²) in [5, 5.41) is 4.12.